The van der Waals surface area contributed by atoms with E-state index in [0.717, 1.165) is 10.8 Å². The molecule has 0 fully saturated rings. The van der Waals surface area contributed by atoms with Crippen LogP contribution in [0.25, 0.3) is 5.69 Å². The third-order valence-corrected chi connectivity index (χ3v) is 4.30. The van der Waals surface area contributed by atoms with Crippen molar-refractivity contribution in [1.29, 1.82) is 0 Å². The molecule has 3 nitrogen and oxygen atoms in total. The van der Waals surface area contributed by atoms with Gasteiger partial charge < -0.3 is 0 Å². The molecule has 0 spiro atoms. The van der Waals surface area contributed by atoms with Crippen LogP contribution in [0, 0.1) is 0 Å². The van der Waals surface area contributed by atoms with E-state index in [1.807, 2.05) is 0 Å². The largest absolute Gasteiger partial charge is 0.416 e. The van der Waals surface area contributed by atoms with Crippen LogP contribution in [-0.2, 0) is 17.0 Å². The van der Waals surface area contributed by atoms with Gasteiger partial charge in [-0.3, -0.25) is 4.57 Å². The molecule has 0 bridgehead atoms. The molecule has 1 unspecified atom stereocenters. The Labute approximate surface area is 143 Å². The standard InChI is InChI=1S/C11H4Cl3F5N2OS/c12-5-1-4(11(17,18)19)2-6(13)8(5)21-3-7(14)20-10(21)23(22)9(15)16/h1-3,9H. The molecule has 23 heavy (non-hydrogen) atoms. The van der Waals surface area contributed by atoms with Gasteiger partial charge in [-0.15, -0.1) is 0 Å². The number of imidazole rings is 1. The molecule has 1 aromatic heterocycles. The van der Waals surface area contributed by atoms with E-state index < -0.39 is 43.5 Å². The van der Waals surface area contributed by atoms with E-state index in [2.05, 4.69) is 4.98 Å². The average molecular weight is 414 g/mol. The van der Waals surface area contributed by atoms with Crippen LogP contribution in [0.1, 0.15) is 5.56 Å². The van der Waals surface area contributed by atoms with E-state index in [-0.39, 0.29) is 10.8 Å². The zero-order chi connectivity index (χ0) is 17.5. The Bertz CT molecular complexity index is 755. The van der Waals surface area contributed by atoms with Crippen molar-refractivity contribution in [2.24, 2.45) is 0 Å². The summed E-state index contributed by atoms with van der Waals surface area (Å²) < 4.78 is 75.7. The number of alkyl halides is 5. The molecule has 1 heterocycles. The van der Waals surface area contributed by atoms with Gasteiger partial charge in [0.25, 0.3) is 0 Å². The molecule has 0 saturated carbocycles. The summed E-state index contributed by atoms with van der Waals surface area (Å²) in [5.74, 6) is -3.28. The first kappa shape index (κ1) is 18.4. The van der Waals surface area contributed by atoms with Crippen molar-refractivity contribution < 1.29 is 26.2 Å². The van der Waals surface area contributed by atoms with Crippen LogP contribution in [0.5, 0.6) is 0 Å². The molecule has 126 valence electrons. The Hall–Kier alpha value is -0.900. The van der Waals surface area contributed by atoms with Crippen LogP contribution in [-0.4, -0.2) is 19.5 Å². The highest BCUT2D eigenvalue weighted by Gasteiger charge is 2.33. The van der Waals surface area contributed by atoms with Crippen molar-refractivity contribution in [3.63, 3.8) is 0 Å². The maximum atomic E-state index is 12.7. The van der Waals surface area contributed by atoms with Gasteiger partial charge in [-0.25, -0.2) is 9.19 Å². The van der Waals surface area contributed by atoms with Gasteiger partial charge in [0.15, 0.2) is 10.8 Å². The van der Waals surface area contributed by atoms with Crippen LogP contribution in [0.15, 0.2) is 23.5 Å². The first-order valence-corrected chi connectivity index (χ1v) is 7.87. The fourth-order valence-corrected chi connectivity index (χ4v) is 3.26. The summed E-state index contributed by atoms with van der Waals surface area (Å²) in [5, 5.41) is -1.98. The predicted octanol–water partition coefficient (Wildman–Crippen LogP) is 5.18. The summed E-state index contributed by atoms with van der Waals surface area (Å²) in [6.45, 7) is 0. The zero-order valence-electron chi connectivity index (χ0n) is 10.5. The topological polar surface area (TPSA) is 34.9 Å². The Balaban J connectivity index is 2.67. The van der Waals surface area contributed by atoms with Crippen molar-refractivity contribution in [1.82, 2.24) is 9.55 Å². The Kier molecular flexibility index (Phi) is 5.24. The lowest BCUT2D eigenvalue weighted by Gasteiger charge is -2.14. The fraction of sp³-hybridized carbons (Fsp3) is 0.182. The van der Waals surface area contributed by atoms with E-state index in [0.29, 0.717) is 12.1 Å². The first-order chi connectivity index (χ1) is 10.5. The second-order valence-electron chi connectivity index (χ2n) is 4.06. The molecule has 0 aliphatic carbocycles. The van der Waals surface area contributed by atoms with Gasteiger partial charge in [0.2, 0.25) is 5.16 Å². The lowest BCUT2D eigenvalue weighted by atomic mass is 10.2. The fourth-order valence-electron chi connectivity index (χ4n) is 1.68. The monoisotopic (exact) mass is 412 g/mol. The van der Waals surface area contributed by atoms with E-state index >= 15 is 0 Å². The number of aromatic nitrogens is 2. The quantitative estimate of drug-likeness (QED) is 0.650. The van der Waals surface area contributed by atoms with E-state index in [9.17, 15) is 26.2 Å². The zero-order valence-corrected chi connectivity index (χ0v) is 13.6. The lowest BCUT2D eigenvalue weighted by molar-refractivity contribution is -0.137. The normalized spacial score (nSPS) is 13.6. The molecule has 2 aromatic rings. The molecule has 1 atom stereocenters. The number of benzene rings is 1. The molecule has 2 rings (SSSR count). The minimum Gasteiger partial charge on any atom is -0.288 e. The second kappa shape index (κ2) is 6.54. The van der Waals surface area contributed by atoms with Gasteiger partial charge in [-0.05, 0) is 12.1 Å². The van der Waals surface area contributed by atoms with Gasteiger partial charge in [0, 0.05) is 6.20 Å². The lowest BCUT2D eigenvalue weighted by Crippen LogP contribution is -2.11. The van der Waals surface area contributed by atoms with E-state index in [1.54, 1.807) is 0 Å². The van der Waals surface area contributed by atoms with Crippen LogP contribution in [0.3, 0.4) is 0 Å². The SMILES string of the molecule is O=S(c1nc(Cl)cn1-c1c(Cl)cc(C(F)(F)F)cc1Cl)C(F)F. The van der Waals surface area contributed by atoms with Crippen LogP contribution < -0.4 is 0 Å². The van der Waals surface area contributed by atoms with Crippen LogP contribution >= 0.6 is 34.8 Å². The predicted molar refractivity (Wildman–Crippen MR) is 76.0 cm³/mol. The molecule has 0 radical (unpaired) electrons. The summed E-state index contributed by atoms with van der Waals surface area (Å²) in [6, 6.07) is 1.12. The molecule has 0 aliphatic rings. The minimum absolute atomic E-state index is 0.287. The Morgan fingerprint density at radius 1 is 1.13 bits per heavy atom. The first-order valence-electron chi connectivity index (χ1n) is 5.52. The van der Waals surface area contributed by atoms with Gasteiger partial charge >= 0.3 is 11.9 Å². The number of nitrogens with zero attached hydrogens (tertiary/aromatic N) is 2. The highest BCUT2D eigenvalue weighted by Crippen LogP contribution is 2.38. The molecule has 0 amide bonds. The summed E-state index contributed by atoms with van der Waals surface area (Å²) in [7, 11) is -2.87. The highest BCUT2D eigenvalue weighted by molar-refractivity contribution is 7.85. The molecule has 0 saturated heterocycles. The minimum atomic E-state index is -4.70. The average Bonchev–Trinajstić information content (AvgIpc) is 2.77. The van der Waals surface area contributed by atoms with Crippen molar-refractivity contribution in [2.75, 3.05) is 0 Å². The van der Waals surface area contributed by atoms with Crippen LogP contribution in [0.2, 0.25) is 15.2 Å². The molecule has 0 N–H and O–H groups in total. The number of hydrogen-bond acceptors (Lipinski definition) is 2. The van der Waals surface area contributed by atoms with Gasteiger partial charge in [0.1, 0.15) is 5.15 Å². The summed E-state index contributed by atoms with van der Waals surface area (Å²) in [5.41, 5.74) is -1.41. The maximum Gasteiger partial charge on any atom is 0.416 e. The van der Waals surface area contributed by atoms with Crippen LogP contribution in [0.4, 0.5) is 22.0 Å². The van der Waals surface area contributed by atoms with Crippen molar-refractivity contribution in [3.05, 3.63) is 39.1 Å². The smallest absolute Gasteiger partial charge is 0.288 e. The number of hydrogen-bond donors (Lipinski definition) is 0. The van der Waals surface area contributed by atoms with Gasteiger partial charge in [0.05, 0.1) is 21.3 Å². The molecular formula is C11H4Cl3F5N2OS. The second-order valence-corrected chi connectivity index (χ2v) is 6.58. The summed E-state index contributed by atoms with van der Waals surface area (Å²) >= 11 is 17.2. The molecule has 0 aliphatic heterocycles. The number of rotatable bonds is 3. The third-order valence-electron chi connectivity index (χ3n) is 2.57. The molecule has 12 heteroatoms. The van der Waals surface area contributed by atoms with Gasteiger partial charge in [-0.2, -0.15) is 22.0 Å². The highest BCUT2D eigenvalue weighted by atomic mass is 35.5. The molecule has 1 aromatic carbocycles. The van der Waals surface area contributed by atoms with Gasteiger partial charge in [-0.1, -0.05) is 34.8 Å². The van der Waals surface area contributed by atoms with Crippen molar-refractivity contribution in [3.8, 4) is 5.69 Å². The van der Waals surface area contributed by atoms with Crippen molar-refractivity contribution in [2.45, 2.75) is 17.1 Å². The number of halogens is 8. The van der Waals surface area contributed by atoms with E-state index in [4.69, 9.17) is 34.8 Å². The third kappa shape index (κ3) is 3.78. The van der Waals surface area contributed by atoms with Crippen molar-refractivity contribution >= 4 is 45.6 Å². The summed E-state index contributed by atoms with van der Waals surface area (Å²) in [4.78, 5) is 3.47. The Morgan fingerprint density at radius 2 is 1.65 bits per heavy atom. The summed E-state index contributed by atoms with van der Waals surface area (Å²) in [6.07, 6.45) is -3.73. The molecular weight excluding hydrogens is 410 g/mol. The Morgan fingerprint density at radius 3 is 2.09 bits per heavy atom. The van der Waals surface area contributed by atoms with E-state index in [1.165, 1.54) is 0 Å². The maximum absolute atomic E-state index is 12.7.